The van der Waals surface area contributed by atoms with Gasteiger partial charge in [0.2, 0.25) is 0 Å². The second-order valence-corrected chi connectivity index (χ2v) is 6.02. The van der Waals surface area contributed by atoms with Crippen LogP contribution >= 0.6 is 35.0 Å². The van der Waals surface area contributed by atoms with Gasteiger partial charge < -0.3 is 0 Å². The van der Waals surface area contributed by atoms with Crippen molar-refractivity contribution >= 4 is 45.8 Å². The summed E-state index contributed by atoms with van der Waals surface area (Å²) in [5.41, 5.74) is 0. The largest absolute Gasteiger partial charge is 0.260 e. The fourth-order valence-corrected chi connectivity index (χ4v) is 2.13. The monoisotopic (exact) mass is 298 g/mol. The summed E-state index contributed by atoms with van der Waals surface area (Å²) in [4.78, 5) is 0. The second-order valence-electron chi connectivity index (χ2n) is 2.01. The number of hydrogen-bond acceptors (Lipinski definition) is 4. The first-order valence-electron chi connectivity index (χ1n) is 4.47. The molecule has 0 amide bonds. The Bertz CT molecular complexity index is 114. The molecule has 0 aromatic heterocycles. The second kappa shape index (κ2) is 24.3. The molecule has 0 aromatic rings. The van der Waals surface area contributed by atoms with Crippen LogP contribution in [0.3, 0.4) is 0 Å². The number of alkyl halides is 2. The Morgan fingerprint density at radius 2 is 1.73 bits per heavy atom. The van der Waals surface area contributed by atoms with Crippen LogP contribution in [-0.2, 0) is 10.8 Å². The van der Waals surface area contributed by atoms with Crippen molar-refractivity contribution in [3.8, 4) is 0 Å². The van der Waals surface area contributed by atoms with Crippen LogP contribution < -0.4 is 0 Å². The van der Waals surface area contributed by atoms with Gasteiger partial charge in [-0.05, 0) is 5.75 Å². The van der Waals surface area contributed by atoms with E-state index in [2.05, 4.69) is 6.92 Å². The zero-order valence-electron chi connectivity index (χ0n) is 9.12. The highest BCUT2D eigenvalue weighted by molar-refractivity contribution is 7.99. The van der Waals surface area contributed by atoms with Crippen molar-refractivity contribution in [2.45, 2.75) is 13.8 Å². The fraction of sp³-hybridized carbons (Fsp3) is 1.00. The normalized spacial score (nSPS) is 10.5. The quantitative estimate of drug-likeness (QED) is 0.343. The van der Waals surface area contributed by atoms with Gasteiger partial charge in [-0.25, -0.2) is 0 Å². The highest BCUT2D eigenvalue weighted by atomic mass is 35.5. The number of halogens is 2. The highest BCUT2D eigenvalue weighted by Gasteiger charge is 1.89. The Morgan fingerprint density at radius 3 is 1.87 bits per heavy atom. The van der Waals surface area contributed by atoms with Crippen molar-refractivity contribution in [2.75, 3.05) is 34.8 Å². The van der Waals surface area contributed by atoms with Gasteiger partial charge in [0.25, 0.3) is 0 Å². The standard InChI is InChI=1S/C4H9ClOS.C4H9ClS.H2O2/c1-2-7(6)4-3-5;1-2-6-4-3-5;1-2/h2-4H2,1H3;2-4H2,1H3;1-2H. The molecule has 0 saturated heterocycles. The summed E-state index contributed by atoms with van der Waals surface area (Å²) in [6.07, 6.45) is 0. The number of rotatable bonds is 6. The molecule has 0 rings (SSSR count). The minimum Gasteiger partial charge on any atom is -0.260 e. The van der Waals surface area contributed by atoms with Crippen molar-refractivity contribution in [1.82, 2.24) is 0 Å². The first-order chi connectivity index (χ1) is 7.22. The van der Waals surface area contributed by atoms with Gasteiger partial charge in [-0.15, -0.1) is 23.2 Å². The van der Waals surface area contributed by atoms with Crippen LogP contribution in [0, 0.1) is 0 Å². The summed E-state index contributed by atoms with van der Waals surface area (Å²) in [5.74, 6) is 4.95. The molecule has 3 nitrogen and oxygen atoms in total. The van der Waals surface area contributed by atoms with Crippen LogP contribution in [0.25, 0.3) is 0 Å². The predicted molar refractivity (Wildman–Crippen MR) is 73.2 cm³/mol. The molecular weight excluding hydrogens is 279 g/mol. The molecule has 0 aliphatic heterocycles. The Labute approximate surface area is 109 Å². The van der Waals surface area contributed by atoms with Crippen molar-refractivity contribution in [3.05, 3.63) is 0 Å². The molecule has 0 aliphatic rings. The maximum atomic E-state index is 10.4. The molecule has 0 heterocycles. The van der Waals surface area contributed by atoms with E-state index in [1.807, 2.05) is 18.7 Å². The smallest absolute Gasteiger partial charge is 0.0370 e. The van der Waals surface area contributed by atoms with E-state index >= 15 is 0 Å². The Morgan fingerprint density at radius 1 is 1.20 bits per heavy atom. The lowest BCUT2D eigenvalue weighted by Gasteiger charge is -1.88. The van der Waals surface area contributed by atoms with E-state index in [9.17, 15) is 4.21 Å². The Balaban J connectivity index is -0.000000166. The number of hydrogen-bond donors (Lipinski definition) is 2. The van der Waals surface area contributed by atoms with E-state index in [1.165, 1.54) is 5.75 Å². The molecule has 1 atom stereocenters. The summed E-state index contributed by atoms with van der Waals surface area (Å²) >= 11 is 12.5. The van der Waals surface area contributed by atoms with Gasteiger partial charge >= 0.3 is 0 Å². The maximum absolute atomic E-state index is 10.4. The molecule has 0 fully saturated rings. The van der Waals surface area contributed by atoms with Crippen molar-refractivity contribution in [1.29, 1.82) is 0 Å². The van der Waals surface area contributed by atoms with Gasteiger partial charge in [0.15, 0.2) is 0 Å². The molecule has 0 radical (unpaired) electrons. The summed E-state index contributed by atoms with van der Waals surface area (Å²) in [7, 11) is -0.659. The maximum Gasteiger partial charge on any atom is 0.0370 e. The molecule has 0 aromatic carbocycles. The fourth-order valence-electron chi connectivity index (χ4n) is 0.429. The van der Waals surface area contributed by atoms with Gasteiger partial charge in [0.1, 0.15) is 0 Å². The lowest BCUT2D eigenvalue weighted by atomic mass is 11.0. The number of thioether (sulfide) groups is 1. The molecule has 0 saturated carbocycles. The molecule has 0 bridgehead atoms. The molecule has 1 unspecified atom stereocenters. The first-order valence-corrected chi connectivity index (χ1v) is 8.18. The molecule has 2 N–H and O–H groups in total. The van der Waals surface area contributed by atoms with Crippen LogP contribution in [0.5, 0.6) is 0 Å². The summed E-state index contributed by atoms with van der Waals surface area (Å²) in [6.45, 7) is 4.03. The van der Waals surface area contributed by atoms with Crippen molar-refractivity contribution in [2.24, 2.45) is 0 Å². The molecule has 15 heavy (non-hydrogen) atoms. The van der Waals surface area contributed by atoms with Crippen molar-refractivity contribution in [3.63, 3.8) is 0 Å². The van der Waals surface area contributed by atoms with Crippen LogP contribution in [0.1, 0.15) is 13.8 Å². The first kappa shape index (κ1) is 21.3. The van der Waals surface area contributed by atoms with E-state index < -0.39 is 10.8 Å². The average molecular weight is 299 g/mol. The van der Waals surface area contributed by atoms with E-state index in [0.717, 1.165) is 17.4 Å². The molecule has 96 valence electrons. The Hall–Kier alpha value is 1.000. The summed E-state index contributed by atoms with van der Waals surface area (Å²) < 4.78 is 10.4. The average Bonchev–Trinajstić information content (AvgIpc) is 2.30. The van der Waals surface area contributed by atoms with Crippen molar-refractivity contribution < 1.29 is 14.7 Å². The van der Waals surface area contributed by atoms with E-state index in [1.54, 1.807) is 0 Å². The zero-order chi connectivity index (χ0) is 12.5. The molecule has 7 heteroatoms. The van der Waals surface area contributed by atoms with Crippen LogP contribution in [0.15, 0.2) is 0 Å². The molecular formula is C8H20Cl2O3S2. The third kappa shape index (κ3) is 31.3. The third-order valence-electron chi connectivity index (χ3n) is 1.05. The topological polar surface area (TPSA) is 57.5 Å². The highest BCUT2D eigenvalue weighted by Crippen LogP contribution is 1.96. The Kier molecular flexibility index (Phi) is 34.5. The predicted octanol–water partition coefficient (Wildman–Crippen LogP) is 2.99. The molecule has 0 spiro atoms. The van der Waals surface area contributed by atoms with Gasteiger partial charge in [-0.3, -0.25) is 14.7 Å². The zero-order valence-corrected chi connectivity index (χ0v) is 12.3. The van der Waals surface area contributed by atoms with E-state index in [0.29, 0.717) is 11.6 Å². The minimum absolute atomic E-state index is 0.514. The summed E-state index contributed by atoms with van der Waals surface area (Å²) in [6, 6.07) is 0. The van der Waals surface area contributed by atoms with E-state index in [-0.39, 0.29) is 0 Å². The summed E-state index contributed by atoms with van der Waals surface area (Å²) in [5, 5.41) is 12.0. The van der Waals surface area contributed by atoms with Gasteiger partial charge in [-0.1, -0.05) is 13.8 Å². The SMILES string of the molecule is CCS(=O)CCCl.CCSCCCl.OO. The van der Waals surface area contributed by atoms with Gasteiger partial charge in [0, 0.05) is 39.8 Å². The van der Waals surface area contributed by atoms with Crippen LogP contribution in [0.4, 0.5) is 0 Å². The minimum atomic E-state index is -0.659. The molecule has 0 aliphatic carbocycles. The van der Waals surface area contributed by atoms with Gasteiger partial charge in [0.05, 0.1) is 0 Å². The third-order valence-corrected chi connectivity index (χ3v) is 4.08. The van der Waals surface area contributed by atoms with Crippen LogP contribution in [0.2, 0.25) is 0 Å². The lowest BCUT2D eigenvalue weighted by molar-refractivity contribution is -0.176. The van der Waals surface area contributed by atoms with E-state index in [4.69, 9.17) is 33.7 Å². The van der Waals surface area contributed by atoms with Gasteiger partial charge in [-0.2, -0.15) is 11.8 Å². The van der Waals surface area contributed by atoms with Crippen LogP contribution in [-0.4, -0.2) is 49.5 Å². The lowest BCUT2D eigenvalue weighted by Crippen LogP contribution is -1.99.